The summed E-state index contributed by atoms with van der Waals surface area (Å²) in [6, 6.07) is 9.46. The van der Waals surface area contributed by atoms with Gasteiger partial charge in [0, 0.05) is 23.2 Å². The summed E-state index contributed by atoms with van der Waals surface area (Å²) in [5, 5.41) is 16.6. The molecule has 0 unspecified atom stereocenters. The minimum absolute atomic E-state index is 0.0217. The number of rotatable bonds is 11. The zero-order valence-corrected chi connectivity index (χ0v) is 22.6. The number of halogens is 4. The second-order valence-corrected chi connectivity index (χ2v) is 11.2. The Balaban J connectivity index is 2.54. The van der Waals surface area contributed by atoms with Gasteiger partial charge < -0.3 is 16.4 Å². The number of nitrogens with two attached hydrogens (primary N) is 1. The number of carbonyl (C=O) groups excluding carboxylic acids is 1. The first-order chi connectivity index (χ1) is 16.8. The van der Waals surface area contributed by atoms with Gasteiger partial charge in [-0.25, -0.2) is 8.78 Å². The first-order valence-corrected chi connectivity index (χ1v) is 12.6. The van der Waals surface area contributed by atoms with Crippen LogP contribution < -0.4 is 16.4 Å². The van der Waals surface area contributed by atoms with Gasteiger partial charge in [-0.05, 0) is 61.9 Å². The molecule has 0 aromatic heterocycles. The number of hydrogen-bond donors (Lipinski definition) is 3. The Kier molecular flexibility index (Phi) is 10.7. The van der Waals surface area contributed by atoms with E-state index in [4.69, 9.17) is 28.9 Å². The first-order valence-electron chi connectivity index (χ1n) is 11.9. The van der Waals surface area contributed by atoms with E-state index in [1.165, 1.54) is 24.3 Å². The highest BCUT2D eigenvalue weighted by atomic mass is 35.5. The number of carbonyl (C=O) groups is 1. The smallest absolute Gasteiger partial charge is 0.237 e. The molecule has 36 heavy (non-hydrogen) atoms. The molecule has 2 aromatic rings. The van der Waals surface area contributed by atoms with Gasteiger partial charge in [0.05, 0.1) is 22.5 Å². The summed E-state index contributed by atoms with van der Waals surface area (Å²) >= 11 is 11.9. The molecule has 0 aliphatic rings. The molecule has 0 saturated carbocycles. The van der Waals surface area contributed by atoms with Crippen LogP contribution in [0.5, 0.6) is 0 Å². The maximum atomic E-state index is 15.1. The molecule has 4 N–H and O–H groups in total. The third kappa shape index (κ3) is 7.88. The van der Waals surface area contributed by atoms with Gasteiger partial charge in [0.2, 0.25) is 5.91 Å². The molecule has 0 radical (unpaired) electrons. The highest BCUT2D eigenvalue weighted by Gasteiger charge is 2.42. The lowest BCUT2D eigenvalue weighted by molar-refractivity contribution is -0.123. The summed E-state index contributed by atoms with van der Waals surface area (Å²) < 4.78 is 29.8. The molecule has 5 nitrogen and oxygen atoms in total. The fourth-order valence-electron chi connectivity index (χ4n) is 4.11. The number of nitriles is 1. The number of hydrogen-bond acceptors (Lipinski definition) is 4. The monoisotopic (exact) mass is 538 g/mol. The van der Waals surface area contributed by atoms with Crippen LogP contribution in [-0.4, -0.2) is 31.1 Å². The molecule has 9 heteroatoms. The van der Waals surface area contributed by atoms with Gasteiger partial charge in [-0.1, -0.05) is 62.2 Å². The van der Waals surface area contributed by atoms with E-state index in [-0.39, 0.29) is 38.9 Å². The number of amides is 1. The summed E-state index contributed by atoms with van der Waals surface area (Å²) in [5.74, 6) is -1.60. The molecule has 2 aromatic carbocycles. The van der Waals surface area contributed by atoms with Gasteiger partial charge in [0.15, 0.2) is 0 Å². The van der Waals surface area contributed by atoms with Crippen molar-refractivity contribution in [3.05, 3.63) is 69.2 Å². The molecule has 0 heterocycles. The molecule has 0 aliphatic heterocycles. The van der Waals surface area contributed by atoms with E-state index in [0.717, 1.165) is 0 Å². The van der Waals surface area contributed by atoms with Crippen molar-refractivity contribution >= 4 is 29.1 Å². The summed E-state index contributed by atoms with van der Waals surface area (Å²) in [7, 11) is 0. The van der Waals surface area contributed by atoms with Crippen LogP contribution in [0.25, 0.3) is 0 Å². The van der Waals surface area contributed by atoms with Gasteiger partial charge >= 0.3 is 0 Å². The summed E-state index contributed by atoms with van der Waals surface area (Å²) in [6.07, 6.45) is 0.969. The molecule has 2 rings (SSSR count). The molecular formula is C27H34Cl2F2N4O. The molecule has 3 atom stereocenters. The van der Waals surface area contributed by atoms with Crippen molar-refractivity contribution in [3.8, 4) is 6.07 Å². The Morgan fingerprint density at radius 3 is 2.44 bits per heavy atom. The third-order valence-corrected chi connectivity index (χ3v) is 6.62. The van der Waals surface area contributed by atoms with E-state index in [1.807, 2.05) is 20.8 Å². The summed E-state index contributed by atoms with van der Waals surface area (Å²) in [4.78, 5) is 13.2. The fraction of sp³-hybridized carbons (Fsp3) is 0.481. The van der Waals surface area contributed by atoms with E-state index in [9.17, 15) is 14.4 Å². The average Bonchev–Trinajstić information content (AvgIpc) is 2.79. The molecule has 0 spiro atoms. The molecule has 1 amide bonds. The van der Waals surface area contributed by atoms with Gasteiger partial charge in [0.1, 0.15) is 11.6 Å². The molecule has 0 fully saturated rings. The van der Waals surface area contributed by atoms with Crippen LogP contribution in [0.4, 0.5) is 8.78 Å². The van der Waals surface area contributed by atoms with Crippen molar-refractivity contribution in [2.75, 3.05) is 13.1 Å². The van der Waals surface area contributed by atoms with Crippen molar-refractivity contribution < 1.29 is 13.6 Å². The topological polar surface area (TPSA) is 90.9 Å². The van der Waals surface area contributed by atoms with E-state index >= 15 is 4.39 Å². The van der Waals surface area contributed by atoms with E-state index in [2.05, 4.69) is 16.7 Å². The van der Waals surface area contributed by atoms with Crippen LogP contribution >= 0.6 is 23.2 Å². The van der Waals surface area contributed by atoms with Gasteiger partial charge in [-0.3, -0.25) is 4.79 Å². The molecular weight excluding hydrogens is 505 g/mol. The van der Waals surface area contributed by atoms with Crippen molar-refractivity contribution in [2.24, 2.45) is 11.1 Å². The first kappa shape index (κ1) is 30.0. The minimum atomic E-state index is -1.37. The average molecular weight is 539 g/mol. The Hall–Kier alpha value is -2.24. The molecule has 0 aliphatic carbocycles. The lowest BCUT2D eigenvalue weighted by Gasteiger charge is -2.39. The second kappa shape index (κ2) is 12.8. The van der Waals surface area contributed by atoms with Crippen LogP contribution in [0.15, 0.2) is 36.4 Å². The van der Waals surface area contributed by atoms with Crippen LogP contribution in [0.3, 0.4) is 0 Å². The highest BCUT2D eigenvalue weighted by Crippen LogP contribution is 2.36. The van der Waals surface area contributed by atoms with Crippen LogP contribution in [0, 0.1) is 28.4 Å². The maximum absolute atomic E-state index is 15.1. The standard InChI is InChI=1S/C27H34Cl2F2N4O/c1-26(2,3)15-23(27(4,16-33)19-10-9-18(28)14-21(19)30)35-22(25(36)34-12-6-11-32)13-17-7-5-8-20(29)24(17)31/h5,7-10,14,22-23,35H,6,11-13,15,32H2,1-4H3,(H,34,36)/t22-,23+,27-/m1/s1. The quantitative estimate of drug-likeness (QED) is 0.328. The number of nitrogens with zero attached hydrogens (tertiary/aromatic N) is 1. The third-order valence-electron chi connectivity index (χ3n) is 6.09. The SMILES string of the molecule is CC(C)(C)C[C@H](N[C@H](Cc1cccc(Cl)c1F)C(=O)NCCCN)[C@](C)(C#N)c1ccc(Cl)cc1F. The number of nitrogens with one attached hydrogen (secondary N) is 2. The van der Waals surface area contributed by atoms with E-state index in [0.29, 0.717) is 25.9 Å². The van der Waals surface area contributed by atoms with Gasteiger partial charge in [-0.15, -0.1) is 0 Å². The van der Waals surface area contributed by atoms with E-state index < -0.39 is 29.1 Å². The Morgan fingerprint density at radius 2 is 1.86 bits per heavy atom. The largest absolute Gasteiger partial charge is 0.355 e. The normalized spacial score (nSPS) is 15.0. The predicted molar refractivity (Wildman–Crippen MR) is 141 cm³/mol. The highest BCUT2D eigenvalue weighted by molar-refractivity contribution is 6.31. The van der Waals surface area contributed by atoms with Crippen LogP contribution in [0.1, 0.15) is 51.7 Å². The van der Waals surface area contributed by atoms with E-state index in [1.54, 1.807) is 19.1 Å². The van der Waals surface area contributed by atoms with Crippen molar-refractivity contribution in [2.45, 2.75) is 64.5 Å². The summed E-state index contributed by atoms with van der Waals surface area (Å²) in [5.41, 5.74) is 4.30. The molecule has 0 bridgehead atoms. The van der Waals surface area contributed by atoms with Crippen molar-refractivity contribution in [3.63, 3.8) is 0 Å². The second-order valence-electron chi connectivity index (χ2n) is 10.3. The minimum Gasteiger partial charge on any atom is -0.355 e. The number of benzene rings is 2. The lowest BCUT2D eigenvalue weighted by Crippen LogP contribution is -2.56. The molecule has 196 valence electrons. The Morgan fingerprint density at radius 1 is 1.17 bits per heavy atom. The lowest BCUT2D eigenvalue weighted by atomic mass is 9.71. The van der Waals surface area contributed by atoms with Crippen LogP contribution in [0.2, 0.25) is 10.0 Å². The van der Waals surface area contributed by atoms with Gasteiger partial charge in [-0.2, -0.15) is 5.26 Å². The Bertz CT molecular complexity index is 1100. The zero-order chi connectivity index (χ0) is 27.1. The predicted octanol–water partition coefficient (Wildman–Crippen LogP) is 5.52. The molecule has 0 saturated heterocycles. The van der Waals surface area contributed by atoms with Crippen molar-refractivity contribution in [1.82, 2.24) is 10.6 Å². The maximum Gasteiger partial charge on any atom is 0.237 e. The summed E-state index contributed by atoms with van der Waals surface area (Å²) in [6.45, 7) is 8.35. The fourth-order valence-corrected chi connectivity index (χ4v) is 4.46. The Labute approximate surface area is 222 Å². The zero-order valence-electron chi connectivity index (χ0n) is 21.1. The van der Waals surface area contributed by atoms with Crippen LogP contribution in [-0.2, 0) is 16.6 Å². The van der Waals surface area contributed by atoms with Gasteiger partial charge in [0.25, 0.3) is 0 Å². The van der Waals surface area contributed by atoms with Crippen molar-refractivity contribution in [1.29, 1.82) is 5.26 Å².